The number of benzene rings is 1. The Hall–Kier alpha value is -1.35. The molecule has 1 fully saturated rings. The van der Waals surface area contributed by atoms with Gasteiger partial charge in [0.15, 0.2) is 5.78 Å². The maximum atomic E-state index is 12.7. The van der Waals surface area contributed by atoms with E-state index in [1.807, 2.05) is 37.3 Å². The summed E-state index contributed by atoms with van der Waals surface area (Å²) in [6.07, 6.45) is 7.03. The summed E-state index contributed by atoms with van der Waals surface area (Å²) in [7, 11) is 0. The Balaban J connectivity index is 2.25. The van der Waals surface area contributed by atoms with Gasteiger partial charge >= 0.3 is 0 Å². The summed E-state index contributed by atoms with van der Waals surface area (Å²) in [5.74, 6) is 0.780. The Kier molecular flexibility index (Phi) is 6.24. The molecule has 0 bridgehead atoms. The molecular weight excluding hydrogens is 280 g/mol. The van der Waals surface area contributed by atoms with Crippen LogP contribution in [0.2, 0.25) is 0 Å². The molecule has 2 rings (SSSR count). The van der Waals surface area contributed by atoms with Gasteiger partial charge in [-0.25, -0.2) is 0 Å². The van der Waals surface area contributed by atoms with Gasteiger partial charge in [0, 0.05) is 5.92 Å². The van der Waals surface area contributed by atoms with E-state index in [0.29, 0.717) is 11.3 Å². The van der Waals surface area contributed by atoms with Crippen LogP contribution in [-0.2, 0) is 9.59 Å². The monoisotopic (exact) mass is 302 g/mol. The molecule has 1 aromatic carbocycles. The summed E-state index contributed by atoms with van der Waals surface area (Å²) < 4.78 is 0. The lowest BCUT2D eigenvalue weighted by atomic mass is 9.83. The van der Waals surface area contributed by atoms with Gasteiger partial charge in [0.2, 0.25) is 5.12 Å². The molecule has 3 heteroatoms. The van der Waals surface area contributed by atoms with Crippen LogP contribution in [0.1, 0.15) is 44.6 Å². The van der Waals surface area contributed by atoms with Crippen LogP contribution in [0.5, 0.6) is 0 Å². The number of Topliss-reactive ketones (excluding diaryl/α,β-unsaturated/α-hetero) is 1. The van der Waals surface area contributed by atoms with Gasteiger partial charge < -0.3 is 0 Å². The van der Waals surface area contributed by atoms with E-state index >= 15 is 0 Å². The Morgan fingerprint density at radius 2 is 1.81 bits per heavy atom. The van der Waals surface area contributed by atoms with Crippen molar-refractivity contribution in [2.75, 3.05) is 5.75 Å². The van der Waals surface area contributed by atoms with E-state index < -0.39 is 0 Å². The van der Waals surface area contributed by atoms with Crippen molar-refractivity contribution >= 4 is 28.7 Å². The zero-order valence-corrected chi connectivity index (χ0v) is 13.3. The topological polar surface area (TPSA) is 34.1 Å². The SMILES string of the molecule is CCSC(=O)/C(=C\c1ccccc1)C(=O)C1CCCCC1. The number of hydrogen-bond acceptors (Lipinski definition) is 3. The van der Waals surface area contributed by atoms with Crippen molar-refractivity contribution in [1.82, 2.24) is 0 Å². The smallest absolute Gasteiger partial charge is 0.222 e. The lowest BCUT2D eigenvalue weighted by Crippen LogP contribution is -2.22. The lowest BCUT2D eigenvalue weighted by Gasteiger charge is -2.21. The normalized spacial score (nSPS) is 16.7. The quantitative estimate of drug-likeness (QED) is 0.456. The first kappa shape index (κ1) is 16.0. The largest absolute Gasteiger partial charge is 0.294 e. The van der Waals surface area contributed by atoms with Crippen LogP contribution < -0.4 is 0 Å². The minimum absolute atomic E-state index is 0.0371. The fourth-order valence-electron chi connectivity index (χ4n) is 2.74. The van der Waals surface area contributed by atoms with Crippen LogP contribution in [0.4, 0.5) is 0 Å². The average Bonchev–Trinajstić information content (AvgIpc) is 2.54. The molecule has 0 radical (unpaired) electrons. The first-order chi connectivity index (χ1) is 10.2. The van der Waals surface area contributed by atoms with Crippen molar-refractivity contribution in [3.8, 4) is 0 Å². The first-order valence-corrected chi connectivity index (χ1v) is 8.69. The fraction of sp³-hybridized carbons (Fsp3) is 0.444. The predicted octanol–water partition coefficient (Wildman–Crippen LogP) is 4.50. The molecule has 2 nitrogen and oxygen atoms in total. The van der Waals surface area contributed by atoms with E-state index in [0.717, 1.165) is 31.2 Å². The minimum atomic E-state index is -0.0862. The zero-order chi connectivity index (χ0) is 15.1. The lowest BCUT2D eigenvalue weighted by molar-refractivity contribution is -0.122. The van der Waals surface area contributed by atoms with E-state index in [1.165, 1.54) is 18.2 Å². The second kappa shape index (κ2) is 8.18. The Morgan fingerprint density at radius 1 is 1.14 bits per heavy atom. The van der Waals surface area contributed by atoms with Gasteiger partial charge in [-0.05, 0) is 30.2 Å². The highest BCUT2D eigenvalue weighted by Gasteiger charge is 2.27. The number of carbonyl (C=O) groups excluding carboxylic acids is 2. The molecule has 0 spiro atoms. The Labute approximate surface area is 131 Å². The third kappa shape index (κ3) is 4.57. The van der Waals surface area contributed by atoms with E-state index in [9.17, 15) is 9.59 Å². The third-order valence-corrected chi connectivity index (χ3v) is 4.62. The van der Waals surface area contributed by atoms with Crippen LogP contribution in [0.25, 0.3) is 6.08 Å². The zero-order valence-electron chi connectivity index (χ0n) is 12.5. The minimum Gasteiger partial charge on any atom is -0.294 e. The molecule has 21 heavy (non-hydrogen) atoms. The first-order valence-electron chi connectivity index (χ1n) is 7.70. The summed E-state index contributed by atoms with van der Waals surface area (Å²) in [6.45, 7) is 1.94. The van der Waals surface area contributed by atoms with Gasteiger partial charge in [0.05, 0.1) is 5.57 Å². The van der Waals surface area contributed by atoms with Crippen molar-refractivity contribution in [1.29, 1.82) is 0 Å². The summed E-state index contributed by atoms with van der Waals surface area (Å²) >= 11 is 1.22. The molecule has 0 amide bonds. The van der Waals surface area contributed by atoms with Gasteiger partial charge in [-0.15, -0.1) is 0 Å². The predicted molar refractivity (Wildman–Crippen MR) is 89.1 cm³/mol. The molecule has 1 aliphatic rings. The van der Waals surface area contributed by atoms with Crippen LogP contribution in [0, 0.1) is 5.92 Å². The summed E-state index contributed by atoms with van der Waals surface area (Å²) in [4.78, 5) is 25.0. The van der Waals surface area contributed by atoms with E-state index in [1.54, 1.807) is 6.08 Å². The highest BCUT2D eigenvalue weighted by molar-refractivity contribution is 8.14. The van der Waals surface area contributed by atoms with Gasteiger partial charge in [0.1, 0.15) is 0 Å². The highest BCUT2D eigenvalue weighted by Crippen LogP contribution is 2.29. The van der Waals surface area contributed by atoms with Crippen LogP contribution >= 0.6 is 11.8 Å². The van der Waals surface area contributed by atoms with Crippen molar-refractivity contribution in [2.24, 2.45) is 5.92 Å². The van der Waals surface area contributed by atoms with Crippen molar-refractivity contribution in [3.05, 3.63) is 41.5 Å². The fourth-order valence-corrected chi connectivity index (χ4v) is 3.32. The highest BCUT2D eigenvalue weighted by atomic mass is 32.2. The van der Waals surface area contributed by atoms with Crippen molar-refractivity contribution < 1.29 is 9.59 Å². The second-order valence-corrected chi connectivity index (χ2v) is 6.63. The number of hydrogen-bond donors (Lipinski definition) is 0. The van der Waals surface area contributed by atoms with Gasteiger partial charge in [-0.3, -0.25) is 9.59 Å². The van der Waals surface area contributed by atoms with Gasteiger partial charge in [-0.2, -0.15) is 0 Å². The molecule has 0 aromatic heterocycles. The molecular formula is C18H22O2S. The van der Waals surface area contributed by atoms with E-state index in [-0.39, 0.29) is 16.8 Å². The van der Waals surface area contributed by atoms with Gasteiger partial charge in [0.25, 0.3) is 0 Å². The molecule has 0 atom stereocenters. The van der Waals surface area contributed by atoms with Crippen LogP contribution in [0.3, 0.4) is 0 Å². The molecule has 1 saturated carbocycles. The molecule has 1 aliphatic carbocycles. The van der Waals surface area contributed by atoms with Crippen molar-refractivity contribution in [3.63, 3.8) is 0 Å². The number of rotatable bonds is 5. The number of carbonyl (C=O) groups is 2. The number of ketones is 1. The van der Waals surface area contributed by atoms with Crippen LogP contribution in [0.15, 0.2) is 35.9 Å². The molecule has 0 N–H and O–H groups in total. The maximum Gasteiger partial charge on any atom is 0.222 e. The number of thioether (sulfide) groups is 1. The van der Waals surface area contributed by atoms with E-state index in [4.69, 9.17) is 0 Å². The second-order valence-electron chi connectivity index (χ2n) is 5.39. The maximum absolute atomic E-state index is 12.7. The molecule has 0 heterocycles. The van der Waals surface area contributed by atoms with Crippen molar-refractivity contribution in [2.45, 2.75) is 39.0 Å². The summed E-state index contributed by atoms with van der Waals surface area (Å²) in [6, 6.07) is 9.64. The molecule has 0 aliphatic heterocycles. The Morgan fingerprint density at radius 3 is 2.43 bits per heavy atom. The third-order valence-electron chi connectivity index (χ3n) is 3.85. The molecule has 1 aromatic rings. The Bertz CT molecular complexity index is 513. The van der Waals surface area contributed by atoms with Gasteiger partial charge in [-0.1, -0.05) is 68.3 Å². The summed E-state index contributed by atoms with van der Waals surface area (Å²) in [5, 5.41) is -0.0862. The standard InChI is InChI=1S/C18H22O2S/c1-2-21-18(20)16(13-14-9-5-3-6-10-14)17(19)15-11-7-4-8-12-15/h3,5-6,9-10,13,15H,2,4,7-8,11-12H2,1H3/b16-13-. The molecule has 112 valence electrons. The van der Waals surface area contributed by atoms with Crippen LogP contribution in [-0.4, -0.2) is 16.7 Å². The van der Waals surface area contributed by atoms with E-state index in [2.05, 4.69) is 0 Å². The summed E-state index contributed by atoms with van der Waals surface area (Å²) in [5.41, 5.74) is 1.29. The molecule has 0 saturated heterocycles. The average molecular weight is 302 g/mol. The molecule has 0 unspecified atom stereocenters.